The molecular formula is C14H13ClFN. The van der Waals surface area contributed by atoms with Crippen molar-refractivity contribution in [1.82, 2.24) is 0 Å². The fraction of sp³-hybridized carbons (Fsp3) is 0.143. The standard InChI is InChI=1S/C14H13ClFN/c1-8-3-4-13(15)11(5-8)12-7-10(16)6-9(2)14(12)17/h3-7H,17H2,1-2H3. The highest BCUT2D eigenvalue weighted by molar-refractivity contribution is 6.33. The van der Waals surface area contributed by atoms with Crippen LogP contribution in [0.25, 0.3) is 11.1 Å². The molecule has 88 valence electrons. The summed E-state index contributed by atoms with van der Waals surface area (Å²) < 4.78 is 13.4. The van der Waals surface area contributed by atoms with E-state index in [0.29, 0.717) is 16.3 Å². The zero-order chi connectivity index (χ0) is 12.6. The van der Waals surface area contributed by atoms with Gasteiger partial charge in [0.25, 0.3) is 0 Å². The molecule has 0 aromatic heterocycles. The zero-order valence-electron chi connectivity index (χ0n) is 9.72. The molecule has 0 spiro atoms. The second-order valence-corrected chi connectivity index (χ2v) is 4.57. The average Bonchev–Trinajstić information content (AvgIpc) is 2.27. The van der Waals surface area contributed by atoms with E-state index in [2.05, 4.69) is 0 Å². The highest BCUT2D eigenvalue weighted by Crippen LogP contribution is 2.34. The smallest absolute Gasteiger partial charge is 0.124 e. The Morgan fingerprint density at radius 3 is 2.47 bits per heavy atom. The van der Waals surface area contributed by atoms with E-state index in [0.717, 1.165) is 16.7 Å². The lowest BCUT2D eigenvalue weighted by Gasteiger charge is -2.11. The minimum absolute atomic E-state index is 0.302. The second kappa shape index (κ2) is 4.38. The first kappa shape index (κ1) is 11.9. The molecule has 0 saturated heterocycles. The van der Waals surface area contributed by atoms with Crippen LogP contribution >= 0.6 is 11.6 Å². The summed E-state index contributed by atoms with van der Waals surface area (Å²) in [5, 5.41) is 0.576. The molecule has 0 amide bonds. The summed E-state index contributed by atoms with van der Waals surface area (Å²) in [6.45, 7) is 3.74. The normalized spacial score (nSPS) is 10.6. The number of nitrogen functional groups attached to an aromatic ring is 1. The summed E-state index contributed by atoms with van der Waals surface area (Å²) in [5.41, 5.74) is 9.75. The molecule has 2 aromatic carbocycles. The van der Waals surface area contributed by atoms with E-state index in [9.17, 15) is 4.39 Å². The Hall–Kier alpha value is -1.54. The first-order chi connectivity index (χ1) is 7.99. The van der Waals surface area contributed by atoms with Crippen molar-refractivity contribution < 1.29 is 4.39 Å². The maximum Gasteiger partial charge on any atom is 0.124 e. The lowest BCUT2D eigenvalue weighted by atomic mass is 9.99. The van der Waals surface area contributed by atoms with Crippen LogP contribution in [0.5, 0.6) is 0 Å². The number of halogens is 2. The molecule has 3 heteroatoms. The van der Waals surface area contributed by atoms with Gasteiger partial charge in [0.05, 0.1) is 0 Å². The SMILES string of the molecule is Cc1ccc(Cl)c(-c2cc(F)cc(C)c2N)c1. The molecule has 0 aliphatic heterocycles. The van der Waals surface area contributed by atoms with Crippen molar-refractivity contribution in [2.24, 2.45) is 0 Å². The highest BCUT2D eigenvalue weighted by Gasteiger charge is 2.11. The molecule has 0 unspecified atom stereocenters. The summed E-state index contributed by atoms with van der Waals surface area (Å²) in [4.78, 5) is 0. The number of anilines is 1. The minimum Gasteiger partial charge on any atom is -0.398 e. The third kappa shape index (κ3) is 2.27. The Kier molecular flexibility index (Phi) is 3.07. The zero-order valence-corrected chi connectivity index (χ0v) is 10.5. The minimum atomic E-state index is -0.302. The summed E-state index contributed by atoms with van der Waals surface area (Å²) in [6.07, 6.45) is 0. The monoisotopic (exact) mass is 249 g/mol. The largest absolute Gasteiger partial charge is 0.398 e. The molecule has 2 rings (SSSR count). The summed E-state index contributed by atoms with van der Waals surface area (Å²) in [5.74, 6) is -0.302. The third-order valence-corrected chi connectivity index (χ3v) is 3.09. The fourth-order valence-electron chi connectivity index (χ4n) is 1.82. The van der Waals surface area contributed by atoms with E-state index in [4.69, 9.17) is 17.3 Å². The molecule has 0 aliphatic rings. The number of aryl methyl sites for hydroxylation is 2. The molecule has 0 aliphatic carbocycles. The van der Waals surface area contributed by atoms with Crippen molar-refractivity contribution in [1.29, 1.82) is 0 Å². The predicted molar refractivity (Wildman–Crippen MR) is 70.7 cm³/mol. The van der Waals surface area contributed by atoms with Crippen LogP contribution in [0, 0.1) is 19.7 Å². The summed E-state index contributed by atoms with van der Waals surface area (Å²) >= 11 is 6.13. The van der Waals surface area contributed by atoms with Crippen LogP contribution in [-0.4, -0.2) is 0 Å². The highest BCUT2D eigenvalue weighted by atomic mass is 35.5. The van der Waals surface area contributed by atoms with Crippen LogP contribution in [0.3, 0.4) is 0 Å². The van der Waals surface area contributed by atoms with E-state index >= 15 is 0 Å². The molecular weight excluding hydrogens is 237 g/mol. The molecule has 2 aromatic rings. The average molecular weight is 250 g/mol. The van der Waals surface area contributed by atoms with E-state index in [1.807, 2.05) is 19.1 Å². The topological polar surface area (TPSA) is 26.0 Å². The van der Waals surface area contributed by atoms with Gasteiger partial charge in [0.1, 0.15) is 5.82 Å². The van der Waals surface area contributed by atoms with Crippen molar-refractivity contribution in [3.8, 4) is 11.1 Å². The summed E-state index contributed by atoms with van der Waals surface area (Å²) in [6, 6.07) is 8.46. The molecule has 0 fully saturated rings. The van der Waals surface area contributed by atoms with Crippen LogP contribution in [0.2, 0.25) is 5.02 Å². The van der Waals surface area contributed by atoms with Crippen LogP contribution in [0.1, 0.15) is 11.1 Å². The Morgan fingerprint density at radius 1 is 1.06 bits per heavy atom. The van der Waals surface area contributed by atoms with Gasteiger partial charge in [0.2, 0.25) is 0 Å². The lowest BCUT2D eigenvalue weighted by Crippen LogP contribution is -1.96. The van der Waals surface area contributed by atoms with Crippen molar-refractivity contribution in [3.05, 3.63) is 52.3 Å². The van der Waals surface area contributed by atoms with Gasteiger partial charge in [-0.25, -0.2) is 4.39 Å². The Balaban J connectivity index is 2.72. The third-order valence-electron chi connectivity index (χ3n) is 2.76. The quantitative estimate of drug-likeness (QED) is 0.748. The maximum absolute atomic E-state index is 13.4. The van der Waals surface area contributed by atoms with E-state index in [-0.39, 0.29) is 5.82 Å². The molecule has 2 N–H and O–H groups in total. The number of nitrogens with two attached hydrogens (primary N) is 1. The Bertz CT molecular complexity index is 579. The van der Waals surface area contributed by atoms with Gasteiger partial charge in [0.15, 0.2) is 0 Å². The van der Waals surface area contributed by atoms with Crippen LogP contribution < -0.4 is 5.73 Å². The second-order valence-electron chi connectivity index (χ2n) is 4.17. The van der Waals surface area contributed by atoms with Crippen molar-refractivity contribution in [2.45, 2.75) is 13.8 Å². The number of hydrogen-bond donors (Lipinski definition) is 1. The molecule has 1 nitrogen and oxygen atoms in total. The van der Waals surface area contributed by atoms with Gasteiger partial charge in [-0.3, -0.25) is 0 Å². The Labute approximate surface area is 105 Å². The molecule has 0 heterocycles. The van der Waals surface area contributed by atoms with E-state index < -0.39 is 0 Å². The van der Waals surface area contributed by atoms with Gasteiger partial charge in [-0.2, -0.15) is 0 Å². The van der Waals surface area contributed by atoms with Crippen LogP contribution in [0.4, 0.5) is 10.1 Å². The van der Waals surface area contributed by atoms with E-state index in [1.54, 1.807) is 13.0 Å². The van der Waals surface area contributed by atoms with Crippen molar-refractivity contribution in [2.75, 3.05) is 5.73 Å². The van der Waals surface area contributed by atoms with E-state index in [1.165, 1.54) is 12.1 Å². The first-order valence-electron chi connectivity index (χ1n) is 5.31. The van der Waals surface area contributed by atoms with Gasteiger partial charge in [-0.05, 0) is 43.7 Å². The molecule has 0 saturated carbocycles. The molecule has 0 bridgehead atoms. The Morgan fingerprint density at radius 2 is 1.76 bits per heavy atom. The van der Waals surface area contributed by atoms with Gasteiger partial charge >= 0.3 is 0 Å². The molecule has 0 radical (unpaired) electrons. The first-order valence-corrected chi connectivity index (χ1v) is 5.69. The molecule has 17 heavy (non-hydrogen) atoms. The van der Waals surface area contributed by atoms with Crippen molar-refractivity contribution >= 4 is 17.3 Å². The van der Waals surface area contributed by atoms with Crippen LogP contribution in [0.15, 0.2) is 30.3 Å². The molecule has 0 atom stereocenters. The van der Waals surface area contributed by atoms with Gasteiger partial charge in [-0.15, -0.1) is 0 Å². The fourth-order valence-corrected chi connectivity index (χ4v) is 2.04. The van der Waals surface area contributed by atoms with Gasteiger partial charge in [-0.1, -0.05) is 23.2 Å². The number of hydrogen-bond acceptors (Lipinski definition) is 1. The van der Waals surface area contributed by atoms with Crippen molar-refractivity contribution in [3.63, 3.8) is 0 Å². The van der Waals surface area contributed by atoms with Crippen LogP contribution in [-0.2, 0) is 0 Å². The van der Waals surface area contributed by atoms with Gasteiger partial charge in [0, 0.05) is 21.8 Å². The lowest BCUT2D eigenvalue weighted by molar-refractivity contribution is 0.627. The predicted octanol–water partition coefficient (Wildman–Crippen LogP) is 4.35. The maximum atomic E-state index is 13.4. The number of rotatable bonds is 1. The summed E-state index contributed by atoms with van der Waals surface area (Å²) in [7, 11) is 0. The number of benzene rings is 2. The van der Waals surface area contributed by atoms with Gasteiger partial charge < -0.3 is 5.73 Å².